The maximum atomic E-state index is 13.5. The maximum absolute atomic E-state index is 13.5. The first-order valence-corrected chi connectivity index (χ1v) is 12.3. The largest absolute Gasteiger partial charge is 0.354 e. The molecular formula is C31H27FN4O2. The first-order valence-electron chi connectivity index (χ1n) is 12.3. The van der Waals surface area contributed by atoms with Gasteiger partial charge in [-0.1, -0.05) is 42.5 Å². The standard InChI is InChI=1S/C31H27FN4O2/c1-31(2,24-10-5-4-6-11-24)35-29(37)22-9-7-8-21(18-22)23-14-17-26-34-27(20-12-15-25(32)16-13-20)28(30(38)33-3)36(26)19-23/h4-19H,1-3H3,(H,33,38)(H,35,37). The molecule has 0 unspecified atom stereocenters. The van der Waals surface area contributed by atoms with Crippen molar-refractivity contribution >= 4 is 17.5 Å². The zero-order valence-corrected chi connectivity index (χ0v) is 21.3. The number of nitrogens with zero attached hydrogens (tertiary/aromatic N) is 2. The van der Waals surface area contributed by atoms with Crippen molar-refractivity contribution in [3.8, 4) is 22.4 Å². The van der Waals surface area contributed by atoms with Crippen LogP contribution in [-0.4, -0.2) is 28.2 Å². The summed E-state index contributed by atoms with van der Waals surface area (Å²) in [6.07, 6.45) is 1.82. The van der Waals surface area contributed by atoms with Gasteiger partial charge in [-0.05, 0) is 79.1 Å². The topological polar surface area (TPSA) is 75.5 Å². The third-order valence-corrected chi connectivity index (χ3v) is 6.56. The van der Waals surface area contributed by atoms with Gasteiger partial charge in [-0.3, -0.25) is 14.0 Å². The van der Waals surface area contributed by atoms with Crippen molar-refractivity contribution in [2.45, 2.75) is 19.4 Å². The second kappa shape index (κ2) is 9.94. The molecule has 0 fully saturated rings. The van der Waals surface area contributed by atoms with E-state index in [1.54, 1.807) is 29.6 Å². The van der Waals surface area contributed by atoms with Gasteiger partial charge >= 0.3 is 0 Å². The Labute approximate surface area is 220 Å². The highest BCUT2D eigenvalue weighted by molar-refractivity contribution is 6.00. The van der Waals surface area contributed by atoms with Gasteiger partial charge in [0.05, 0.1) is 5.54 Å². The van der Waals surface area contributed by atoms with Crippen LogP contribution in [0.5, 0.6) is 0 Å². The number of amides is 2. The number of fused-ring (bicyclic) bond motifs is 1. The van der Waals surface area contributed by atoms with Crippen molar-refractivity contribution in [1.82, 2.24) is 20.0 Å². The predicted octanol–water partition coefficient (Wildman–Crippen LogP) is 5.83. The molecule has 0 saturated heterocycles. The number of rotatable bonds is 6. The second-order valence-corrected chi connectivity index (χ2v) is 9.57. The van der Waals surface area contributed by atoms with Crippen LogP contribution in [0, 0.1) is 5.82 Å². The molecule has 2 heterocycles. The van der Waals surface area contributed by atoms with Crippen LogP contribution in [0.1, 0.15) is 40.3 Å². The fourth-order valence-corrected chi connectivity index (χ4v) is 4.48. The van der Waals surface area contributed by atoms with Crippen LogP contribution in [0.3, 0.4) is 0 Å². The quantitative estimate of drug-likeness (QED) is 0.304. The van der Waals surface area contributed by atoms with Crippen LogP contribution < -0.4 is 10.6 Å². The van der Waals surface area contributed by atoms with E-state index in [2.05, 4.69) is 15.6 Å². The zero-order valence-electron chi connectivity index (χ0n) is 21.3. The normalized spacial score (nSPS) is 11.4. The van der Waals surface area contributed by atoms with E-state index in [1.165, 1.54) is 12.1 Å². The summed E-state index contributed by atoms with van der Waals surface area (Å²) in [5.74, 6) is -0.864. The molecule has 3 aromatic carbocycles. The Hall–Kier alpha value is -4.78. The molecule has 6 nitrogen and oxygen atoms in total. The first kappa shape index (κ1) is 24.9. The minimum Gasteiger partial charge on any atom is -0.354 e. The van der Waals surface area contributed by atoms with Crippen LogP contribution in [0.25, 0.3) is 28.0 Å². The van der Waals surface area contributed by atoms with Crippen molar-refractivity contribution in [2.24, 2.45) is 0 Å². The number of benzene rings is 3. The van der Waals surface area contributed by atoms with E-state index in [1.807, 2.05) is 80.7 Å². The van der Waals surface area contributed by atoms with Gasteiger partial charge in [-0.2, -0.15) is 0 Å². The van der Waals surface area contributed by atoms with Crippen molar-refractivity contribution in [3.63, 3.8) is 0 Å². The molecule has 0 aliphatic rings. The molecule has 5 rings (SSSR count). The fourth-order valence-electron chi connectivity index (χ4n) is 4.48. The Kier molecular flexibility index (Phi) is 6.51. The van der Waals surface area contributed by atoms with Crippen LogP contribution in [0.15, 0.2) is 97.2 Å². The van der Waals surface area contributed by atoms with Gasteiger partial charge in [0.1, 0.15) is 22.9 Å². The smallest absolute Gasteiger partial charge is 0.270 e. The Morgan fingerprint density at radius 1 is 0.816 bits per heavy atom. The molecule has 2 amide bonds. The lowest BCUT2D eigenvalue weighted by atomic mass is 9.93. The molecule has 0 bridgehead atoms. The predicted molar refractivity (Wildman–Crippen MR) is 146 cm³/mol. The highest BCUT2D eigenvalue weighted by Crippen LogP contribution is 2.28. The number of hydrogen-bond acceptors (Lipinski definition) is 3. The summed E-state index contributed by atoms with van der Waals surface area (Å²) >= 11 is 0. The Morgan fingerprint density at radius 2 is 1.53 bits per heavy atom. The van der Waals surface area contributed by atoms with E-state index in [4.69, 9.17) is 0 Å². The van der Waals surface area contributed by atoms with Gasteiger partial charge in [0.2, 0.25) is 0 Å². The number of hydrogen-bond donors (Lipinski definition) is 2. The maximum Gasteiger partial charge on any atom is 0.270 e. The van der Waals surface area contributed by atoms with Gasteiger partial charge in [0, 0.05) is 24.4 Å². The van der Waals surface area contributed by atoms with Gasteiger partial charge < -0.3 is 10.6 Å². The molecular weight excluding hydrogens is 479 g/mol. The van der Waals surface area contributed by atoms with Crippen molar-refractivity contribution in [2.75, 3.05) is 7.05 Å². The zero-order chi connectivity index (χ0) is 26.9. The van der Waals surface area contributed by atoms with Crippen LogP contribution in [0.2, 0.25) is 0 Å². The molecule has 2 aromatic heterocycles. The molecule has 0 atom stereocenters. The highest BCUT2D eigenvalue weighted by Gasteiger charge is 2.24. The summed E-state index contributed by atoms with van der Waals surface area (Å²) in [5, 5.41) is 5.79. The number of nitrogens with one attached hydrogen (secondary N) is 2. The first-order chi connectivity index (χ1) is 18.3. The van der Waals surface area contributed by atoms with Crippen molar-refractivity contribution < 1.29 is 14.0 Å². The number of carbonyl (C=O) groups excluding carboxylic acids is 2. The van der Waals surface area contributed by atoms with E-state index in [0.717, 1.165) is 16.7 Å². The summed E-state index contributed by atoms with van der Waals surface area (Å²) in [5.41, 5.74) is 4.61. The van der Waals surface area contributed by atoms with Gasteiger partial charge in [-0.15, -0.1) is 0 Å². The van der Waals surface area contributed by atoms with E-state index in [9.17, 15) is 14.0 Å². The van der Waals surface area contributed by atoms with Gasteiger partial charge in [-0.25, -0.2) is 9.37 Å². The molecule has 0 aliphatic carbocycles. The van der Waals surface area contributed by atoms with Crippen LogP contribution in [-0.2, 0) is 5.54 Å². The average Bonchev–Trinajstić information content (AvgIpc) is 3.32. The molecule has 0 spiro atoms. The summed E-state index contributed by atoms with van der Waals surface area (Å²) in [6, 6.07) is 26.8. The molecule has 190 valence electrons. The average molecular weight is 507 g/mol. The molecule has 2 N–H and O–H groups in total. The molecule has 0 saturated carbocycles. The highest BCUT2D eigenvalue weighted by atomic mass is 19.1. The molecule has 0 radical (unpaired) electrons. The van der Waals surface area contributed by atoms with E-state index < -0.39 is 5.54 Å². The molecule has 5 aromatic rings. The summed E-state index contributed by atoms with van der Waals surface area (Å²) < 4.78 is 15.2. The SMILES string of the molecule is CNC(=O)c1c(-c2ccc(F)cc2)nc2ccc(-c3cccc(C(=O)NC(C)(C)c4ccccc4)c3)cn12. The van der Waals surface area contributed by atoms with E-state index in [0.29, 0.717) is 28.2 Å². The number of aromatic nitrogens is 2. The lowest BCUT2D eigenvalue weighted by molar-refractivity contribution is 0.0910. The number of imidazole rings is 1. The molecule has 38 heavy (non-hydrogen) atoms. The minimum absolute atomic E-state index is 0.186. The monoisotopic (exact) mass is 506 g/mol. The van der Waals surface area contributed by atoms with E-state index in [-0.39, 0.29) is 17.6 Å². The Balaban J connectivity index is 1.52. The van der Waals surface area contributed by atoms with Gasteiger partial charge in [0.15, 0.2) is 0 Å². The summed E-state index contributed by atoms with van der Waals surface area (Å²) in [7, 11) is 1.55. The Morgan fingerprint density at radius 3 is 2.24 bits per heavy atom. The number of carbonyl (C=O) groups is 2. The fraction of sp³-hybridized carbons (Fsp3) is 0.129. The lowest BCUT2D eigenvalue weighted by Gasteiger charge is -2.27. The second-order valence-electron chi connectivity index (χ2n) is 9.57. The van der Waals surface area contributed by atoms with Gasteiger partial charge in [0.25, 0.3) is 11.8 Å². The third-order valence-electron chi connectivity index (χ3n) is 6.56. The minimum atomic E-state index is -0.552. The lowest BCUT2D eigenvalue weighted by Crippen LogP contribution is -2.40. The molecule has 0 aliphatic heterocycles. The number of pyridine rings is 1. The van der Waals surface area contributed by atoms with Crippen LogP contribution in [0.4, 0.5) is 4.39 Å². The van der Waals surface area contributed by atoms with E-state index >= 15 is 0 Å². The summed E-state index contributed by atoms with van der Waals surface area (Å²) in [4.78, 5) is 30.7. The number of halogens is 1. The van der Waals surface area contributed by atoms with Crippen LogP contribution >= 0.6 is 0 Å². The third kappa shape index (κ3) is 4.78. The summed E-state index contributed by atoms with van der Waals surface area (Å²) in [6.45, 7) is 3.94. The molecule has 7 heteroatoms. The Bertz CT molecular complexity index is 1640. The van der Waals surface area contributed by atoms with Crippen molar-refractivity contribution in [1.29, 1.82) is 0 Å². The van der Waals surface area contributed by atoms with Crippen molar-refractivity contribution in [3.05, 3.63) is 120 Å².